The second-order valence-electron chi connectivity index (χ2n) is 3.40. The van der Waals surface area contributed by atoms with Crippen LogP contribution in [0.2, 0.25) is 0 Å². The minimum Gasteiger partial charge on any atom is -0.384 e. The second-order valence-corrected chi connectivity index (χ2v) is 7.77. The molecule has 0 atom stereocenters. The molecular formula is C11H14O3S3. The predicted octanol–water partition coefficient (Wildman–Crippen LogP) is 1.37. The van der Waals surface area contributed by atoms with Gasteiger partial charge in [-0.3, -0.25) is 0 Å². The van der Waals surface area contributed by atoms with Gasteiger partial charge in [-0.25, -0.2) is 8.42 Å². The number of aliphatic hydroxyl groups excluding tert-OH is 1. The first kappa shape index (κ1) is 14.6. The number of rotatable bonds is 5. The van der Waals surface area contributed by atoms with Gasteiger partial charge in [0.25, 0.3) is 0 Å². The van der Waals surface area contributed by atoms with Gasteiger partial charge in [-0.1, -0.05) is 11.8 Å². The summed E-state index contributed by atoms with van der Waals surface area (Å²) < 4.78 is 21.9. The average molecular weight is 290 g/mol. The Labute approximate surface area is 110 Å². The van der Waals surface area contributed by atoms with Crippen molar-refractivity contribution in [2.75, 3.05) is 24.4 Å². The third kappa shape index (κ3) is 6.13. The van der Waals surface area contributed by atoms with Crippen LogP contribution in [0.3, 0.4) is 0 Å². The Balaban J connectivity index is 2.44. The monoisotopic (exact) mass is 290 g/mol. The van der Waals surface area contributed by atoms with Crippen LogP contribution in [0, 0.1) is 11.8 Å². The molecule has 0 fully saturated rings. The summed E-state index contributed by atoms with van der Waals surface area (Å²) >= 11 is 3.19. The molecule has 0 amide bonds. The van der Waals surface area contributed by atoms with Crippen molar-refractivity contribution in [3.8, 4) is 11.8 Å². The zero-order valence-corrected chi connectivity index (χ0v) is 11.9. The zero-order valence-electron chi connectivity index (χ0n) is 9.47. The second kappa shape index (κ2) is 7.07. The van der Waals surface area contributed by atoms with Crippen molar-refractivity contribution in [3.05, 3.63) is 21.9 Å². The van der Waals surface area contributed by atoms with Crippen molar-refractivity contribution in [1.29, 1.82) is 0 Å². The van der Waals surface area contributed by atoms with Crippen LogP contribution < -0.4 is 0 Å². The van der Waals surface area contributed by atoms with Gasteiger partial charge in [-0.15, -0.1) is 11.3 Å². The van der Waals surface area contributed by atoms with Gasteiger partial charge >= 0.3 is 0 Å². The third-order valence-corrected chi connectivity index (χ3v) is 5.17. The fourth-order valence-electron chi connectivity index (χ4n) is 1.07. The summed E-state index contributed by atoms with van der Waals surface area (Å²) in [6.07, 6.45) is 1.25. The van der Waals surface area contributed by atoms with Crippen molar-refractivity contribution in [2.45, 2.75) is 5.75 Å². The van der Waals surface area contributed by atoms with Crippen LogP contribution in [0.15, 0.2) is 11.4 Å². The van der Waals surface area contributed by atoms with Gasteiger partial charge in [0.05, 0.1) is 5.75 Å². The number of thiophene rings is 1. The Bertz CT molecular complexity index is 506. The van der Waals surface area contributed by atoms with Crippen molar-refractivity contribution in [3.63, 3.8) is 0 Å². The predicted molar refractivity (Wildman–Crippen MR) is 74.2 cm³/mol. The van der Waals surface area contributed by atoms with E-state index in [9.17, 15) is 8.42 Å². The molecule has 3 nitrogen and oxygen atoms in total. The highest BCUT2D eigenvalue weighted by Gasteiger charge is 2.04. The fourth-order valence-corrected chi connectivity index (χ4v) is 4.38. The first-order chi connectivity index (χ1) is 8.03. The summed E-state index contributed by atoms with van der Waals surface area (Å²) in [5, 5.41) is 10.6. The van der Waals surface area contributed by atoms with E-state index in [0.29, 0.717) is 5.75 Å². The van der Waals surface area contributed by atoms with E-state index >= 15 is 0 Å². The van der Waals surface area contributed by atoms with E-state index < -0.39 is 9.84 Å². The lowest BCUT2D eigenvalue weighted by Gasteiger charge is -1.99. The van der Waals surface area contributed by atoms with E-state index in [2.05, 4.69) is 11.8 Å². The smallest absolute Gasteiger partial charge is 0.148 e. The molecule has 1 heterocycles. The standard InChI is InChI=1S/C11H14O3S3/c1-17(13,14)8-7-15-9-11-10(3-2-5-12)4-6-16-11/h4,6,12H,5,7-9H2,1H3. The van der Waals surface area contributed by atoms with Crippen molar-refractivity contribution in [2.24, 2.45) is 0 Å². The lowest BCUT2D eigenvalue weighted by atomic mass is 10.3. The fraction of sp³-hybridized carbons (Fsp3) is 0.455. The van der Waals surface area contributed by atoms with Gasteiger partial charge in [0.2, 0.25) is 0 Å². The molecule has 1 aromatic heterocycles. The molecule has 1 aromatic rings. The Morgan fingerprint density at radius 3 is 2.94 bits per heavy atom. The summed E-state index contributed by atoms with van der Waals surface area (Å²) in [7, 11) is -2.87. The average Bonchev–Trinajstić information content (AvgIpc) is 2.67. The highest BCUT2D eigenvalue weighted by molar-refractivity contribution is 8.00. The summed E-state index contributed by atoms with van der Waals surface area (Å²) in [4.78, 5) is 1.13. The quantitative estimate of drug-likeness (QED) is 0.657. The Morgan fingerprint density at radius 2 is 2.29 bits per heavy atom. The highest BCUT2D eigenvalue weighted by atomic mass is 32.2. The Hall–Kier alpha value is -0.480. The van der Waals surface area contributed by atoms with E-state index in [0.717, 1.165) is 16.2 Å². The molecule has 1 N–H and O–H groups in total. The van der Waals surface area contributed by atoms with Gasteiger partial charge in [0.15, 0.2) is 0 Å². The van der Waals surface area contributed by atoms with Gasteiger partial charge in [0, 0.05) is 28.2 Å². The minimum absolute atomic E-state index is 0.142. The van der Waals surface area contributed by atoms with E-state index in [1.807, 2.05) is 11.4 Å². The van der Waals surface area contributed by atoms with Gasteiger partial charge in [-0.05, 0) is 11.4 Å². The van der Waals surface area contributed by atoms with Gasteiger partial charge < -0.3 is 5.11 Å². The van der Waals surface area contributed by atoms with E-state index in [-0.39, 0.29) is 12.4 Å². The normalized spacial score (nSPS) is 10.9. The summed E-state index contributed by atoms with van der Waals surface area (Å²) in [5.41, 5.74) is 0.927. The molecule has 1 rings (SSSR count). The van der Waals surface area contributed by atoms with E-state index in [1.165, 1.54) is 6.26 Å². The van der Waals surface area contributed by atoms with Crippen molar-refractivity contribution >= 4 is 32.9 Å². The number of aliphatic hydroxyl groups is 1. The lowest BCUT2D eigenvalue weighted by Crippen LogP contribution is -2.05. The third-order valence-electron chi connectivity index (χ3n) is 1.88. The van der Waals surface area contributed by atoms with Crippen LogP contribution in [-0.2, 0) is 15.6 Å². The SMILES string of the molecule is CS(=O)(=O)CCSCc1sccc1C#CCO. The molecule has 0 aliphatic rings. The molecule has 0 spiro atoms. The van der Waals surface area contributed by atoms with Crippen LogP contribution >= 0.6 is 23.1 Å². The highest BCUT2D eigenvalue weighted by Crippen LogP contribution is 2.21. The van der Waals surface area contributed by atoms with Gasteiger partial charge in [-0.2, -0.15) is 11.8 Å². The molecule has 17 heavy (non-hydrogen) atoms. The maximum absolute atomic E-state index is 10.9. The summed E-state index contributed by atoms with van der Waals surface area (Å²) in [5.74, 6) is 7.07. The molecule has 0 radical (unpaired) electrons. The Kier molecular flexibility index (Phi) is 6.06. The molecule has 94 valence electrons. The largest absolute Gasteiger partial charge is 0.384 e. The molecule has 0 saturated heterocycles. The molecule has 0 aliphatic heterocycles. The molecule has 0 unspecified atom stereocenters. The molecule has 6 heteroatoms. The topological polar surface area (TPSA) is 54.4 Å². The molecule has 0 aliphatic carbocycles. The molecular weight excluding hydrogens is 276 g/mol. The molecule has 0 saturated carbocycles. The van der Waals surface area contributed by atoms with Crippen LogP contribution in [0.1, 0.15) is 10.4 Å². The summed E-state index contributed by atoms with van der Waals surface area (Å²) in [6.45, 7) is -0.142. The number of hydrogen-bond acceptors (Lipinski definition) is 5. The van der Waals surface area contributed by atoms with Crippen LogP contribution in [-0.4, -0.2) is 37.9 Å². The van der Waals surface area contributed by atoms with Crippen molar-refractivity contribution in [1.82, 2.24) is 0 Å². The molecule has 0 bridgehead atoms. The Morgan fingerprint density at radius 1 is 1.53 bits per heavy atom. The maximum Gasteiger partial charge on any atom is 0.148 e. The van der Waals surface area contributed by atoms with Crippen LogP contribution in [0.4, 0.5) is 0 Å². The summed E-state index contributed by atoms with van der Waals surface area (Å²) in [6, 6.07) is 1.92. The number of sulfone groups is 1. The van der Waals surface area contributed by atoms with E-state index in [1.54, 1.807) is 23.1 Å². The first-order valence-electron chi connectivity index (χ1n) is 4.94. The van der Waals surface area contributed by atoms with Gasteiger partial charge in [0.1, 0.15) is 16.4 Å². The van der Waals surface area contributed by atoms with Crippen LogP contribution in [0.25, 0.3) is 0 Å². The maximum atomic E-state index is 10.9. The lowest BCUT2D eigenvalue weighted by molar-refractivity contribution is 0.350. The minimum atomic E-state index is -2.87. The molecule has 0 aromatic carbocycles. The zero-order chi connectivity index (χ0) is 12.7. The number of hydrogen-bond donors (Lipinski definition) is 1. The van der Waals surface area contributed by atoms with Crippen molar-refractivity contribution < 1.29 is 13.5 Å². The first-order valence-corrected chi connectivity index (χ1v) is 9.04. The number of thioether (sulfide) groups is 1. The van der Waals surface area contributed by atoms with Crippen LogP contribution in [0.5, 0.6) is 0 Å². The van der Waals surface area contributed by atoms with E-state index in [4.69, 9.17) is 5.11 Å².